The summed E-state index contributed by atoms with van der Waals surface area (Å²) in [4.78, 5) is 4.62. The van der Waals surface area contributed by atoms with Crippen LogP contribution in [-0.4, -0.2) is 56.4 Å². The number of aliphatic imine (C=N–C) groups is 1. The lowest BCUT2D eigenvalue weighted by molar-refractivity contribution is -0.0496. The van der Waals surface area contributed by atoms with Crippen LogP contribution in [0.3, 0.4) is 0 Å². The first-order chi connectivity index (χ1) is 13.0. The van der Waals surface area contributed by atoms with Gasteiger partial charge in [0.1, 0.15) is 0 Å². The Morgan fingerprint density at radius 2 is 1.66 bits per heavy atom. The van der Waals surface area contributed by atoms with Gasteiger partial charge in [0, 0.05) is 32.2 Å². The van der Waals surface area contributed by atoms with Crippen LogP contribution in [-0.2, 0) is 10.0 Å². The molecule has 172 valence electrons. The van der Waals surface area contributed by atoms with Gasteiger partial charge in [-0.2, -0.15) is 17.5 Å². The van der Waals surface area contributed by atoms with E-state index in [4.69, 9.17) is 0 Å². The lowest BCUT2D eigenvalue weighted by Gasteiger charge is -2.33. The van der Waals surface area contributed by atoms with Crippen LogP contribution in [0.15, 0.2) is 4.99 Å². The first-order valence-corrected chi connectivity index (χ1v) is 11.6. The van der Waals surface area contributed by atoms with Gasteiger partial charge >= 0.3 is 15.5 Å². The quantitative estimate of drug-likeness (QED) is 0.310. The predicted octanol–water partition coefficient (Wildman–Crippen LogP) is 3.55. The number of hydrogen-bond acceptors (Lipinski definition) is 3. The van der Waals surface area contributed by atoms with Gasteiger partial charge in [0.2, 0.25) is 0 Å². The smallest absolute Gasteiger partial charge is 0.357 e. The van der Waals surface area contributed by atoms with Crippen molar-refractivity contribution >= 4 is 40.0 Å². The molecule has 1 saturated carbocycles. The third-order valence-electron chi connectivity index (χ3n) is 5.58. The number of piperidine rings is 1. The maximum Gasteiger partial charge on any atom is 0.511 e. The van der Waals surface area contributed by atoms with Gasteiger partial charge in [0.25, 0.3) is 0 Å². The molecular weight excluding hydrogens is 520 g/mol. The second kappa shape index (κ2) is 11.4. The van der Waals surface area contributed by atoms with Gasteiger partial charge in [-0.25, -0.2) is 8.42 Å². The van der Waals surface area contributed by atoms with E-state index in [0.717, 1.165) is 25.3 Å². The fourth-order valence-corrected chi connectivity index (χ4v) is 5.26. The minimum Gasteiger partial charge on any atom is -0.357 e. The molecular formula is C18H34F3IN4O2S. The fraction of sp³-hybridized carbons (Fsp3) is 0.944. The highest BCUT2D eigenvalue weighted by atomic mass is 127. The molecule has 0 aromatic rings. The Hall–Kier alpha value is -0.300. The second-order valence-electron chi connectivity index (χ2n) is 8.27. The van der Waals surface area contributed by atoms with Crippen LogP contribution in [0.2, 0.25) is 0 Å². The average Bonchev–Trinajstić information content (AvgIpc) is 2.58. The summed E-state index contributed by atoms with van der Waals surface area (Å²) in [7, 11) is -5.22. The highest BCUT2D eigenvalue weighted by molar-refractivity contribution is 14.0. The van der Waals surface area contributed by atoms with Crippen molar-refractivity contribution in [3.63, 3.8) is 0 Å². The Morgan fingerprint density at radius 1 is 1.10 bits per heavy atom. The maximum absolute atomic E-state index is 12.7. The van der Waals surface area contributed by atoms with Gasteiger partial charge in [-0.15, -0.1) is 24.0 Å². The molecule has 1 heterocycles. The van der Waals surface area contributed by atoms with E-state index >= 15 is 0 Å². The number of nitrogens with one attached hydrogen (secondary N) is 2. The second-order valence-corrected chi connectivity index (χ2v) is 10.2. The molecule has 0 aromatic carbocycles. The molecule has 0 radical (unpaired) electrons. The zero-order chi connectivity index (χ0) is 20.9. The first-order valence-electron chi connectivity index (χ1n) is 10.1. The van der Waals surface area contributed by atoms with Crippen LogP contribution in [0.5, 0.6) is 0 Å². The Kier molecular flexibility index (Phi) is 10.5. The lowest BCUT2D eigenvalue weighted by Crippen LogP contribution is -2.47. The molecule has 1 aliphatic heterocycles. The number of sulfonamides is 1. The van der Waals surface area contributed by atoms with Gasteiger partial charge in [-0.1, -0.05) is 13.8 Å². The average molecular weight is 554 g/mol. The molecule has 0 aromatic heterocycles. The van der Waals surface area contributed by atoms with E-state index in [9.17, 15) is 21.6 Å². The molecule has 11 heteroatoms. The maximum atomic E-state index is 12.7. The predicted molar refractivity (Wildman–Crippen MR) is 120 cm³/mol. The summed E-state index contributed by atoms with van der Waals surface area (Å²) >= 11 is 0. The number of hydrogen-bond donors (Lipinski definition) is 2. The zero-order valence-electron chi connectivity index (χ0n) is 17.3. The fourth-order valence-electron chi connectivity index (χ4n) is 4.28. The SMILES string of the molecule is CCNC(=NCC1CCN(S(=O)(=O)C(F)(F)F)CC1)NC1CC(C)CC(C)C1.I. The number of rotatable bonds is 5. The van der Waals surface area contributed by atoms with Crippen molar-refractivity contribution < 1.29 is 21.6 Å². The summed E-state index contributed by atoms with van der Waals surface area (Å²) < 4.78 is 61.5. The molecule has 29 heavy (non-hydrogen) atoms. The first kappa shape index (κ1) is 26.7. The normalized spacial score (nSPS) is 27.9. The van der Waals surface area contributed by atoms with Gasteiger partial charge in [-0.05, 0) is 56.8 Å². The Balaban J connectivity index is 0.00000420. The molecule has 2 aliphatic rings. The summed E-state index contributed by atoms with van der Waals surface area (Å²) in [5.41, 5.74) is -5.23. The number of alkyl halides is 3. The molecule has 2 unspecified atom stereocenters. The van der Waals surface area contributed by atoms with Crippen molar-refractivity contribution in [2.45, 2.75) is 64.4 Å². The Morgan fingerprint density at radius 3 is 2.14 bits per heavy atom. The summed E-state index contributed by atoms with van der Waals surface area (Å²) in [5.74, 6) is 2.16. The summed E-state index contributed by atoms with van der Waals surface area (Å²) in [6, 6.07) is 0.371. The number of halogens is 4. The van der Waals surface area contributed by atoms with Crippen molar-refractivity contribution in [3.05, 3.63) is 0 Å². The lowest BCUT2D eigenvalue weighted by atomic mass is 9.80. The molecule has 0 bridgehead atoms. The van der Waals surface area contributed by atoms with Crippen molar-refractivity contribution in [1.29, 1.82) is 0 Å². The van der Waals surface area contributed by atoms with Crippen molar-refractivity contribution in [1.82, 2.24) is 14.9 Å². The van der Waals surface area contributed by atoms with Crippen LogP contribution in [0.25, 0.3) is 0 Å². The van der Waals surface area contributed by atoms with Crippen molar-refractivity contribution in [2.75, 3.05) is 26.2 Å². The van der Waals surface area contributed by atoms with E-state index in [0.29, 0.717) is 41.6 Å². The third-order valence-corrected chi connectivity index (χ3v) is 7.21. The van der Waals surface area contributed by atoms with E-state index in [1.807, 2.05) is 6.92 Å². The van der Waals surface area contributed by atoms with E-state index in [2.05, 4.69) is 29.5 Å². The molecule has 2 N–H and O–H groups in total. The summed E-state index contributed by atoms with van der Waals surface area (Å²) in [5, 5.41) is 6.73. The summed E-state index contributed by atoms with van der Waals surface area (Å²) in [6.07, 6.45) is 4.21. The molecule has 0 spiro atoms. The van der Waals surface area contributed by atoms with E-state index in [-0.39, 0.29) is 43.0 Å². The van der Waals surface area contributed by atoms with Crippen LogP contribution < -0.4 is 10.6 Å². The molecule has 1 aliphatic carbocycles. The minimum atomic E-state index is -5.23. The molecule has 0 amide bonds. The van der Waals surface area contributed by atoms with E-state index in [1.165, 1.54) is 6.42 Å². The Bertz CT molecular complexity index is 628. The van der Waals surface area contributed by atoms with E-state index in [1.54, 1.807) is 0 Å². The number of nitrogens with zero attached hydrogens (tertiary/aromatic N) is 2. The number of guanidine groups is 1. The highest BCUT2D eigenvalue weighted by Crippen LogP contribution is 2.30. The van der Waals surface area contributed by atoms with Crippen LogP contribution in [0.1, 0.15) is 52.9 Å². The van der Waals surface area contributed by atoms with Crippen molar-refractivity contribution in [2.24, 2.45) is 22.7 Å². The van der Waals surface area contributed by atoms with Gasteiger partial charge in [0.05, 0.1) is 0 Å². The largest absolute Gasteiger partial charge is 0.511 e. The highest BCUT2D eigenvalue weighted by Gasteiger charge is 2.50. The molecule has 1 saturated heterocycles. The van der Waals surface area contributed by atoms with Gasteiger partial charge in [0.15, 0.2) is 5.96 Å². The molecule has 6 nitrogen and oxygen atoms in total. The molecule has 2 atom stereocenters. The molecule has 2 fully saturated rings. The topological polar surface area (TPSA) is 73.8 Å². The zero-order valence-corrected chi connectivity index (χ0v) is 20.5. The van der Waals surface area contributed by atoms with Crippen LogP contribution in [0.4, 0.5) is 13.2 Å². The van der Waals surface area contributed by atoms with Gasteiger partial charge in [-0.3, -0.25) is 4.99 Å². The van der Waals surface area contributed by atoms with Crippen LogP contribution in [0, 0.1) is 17.8 Å². The monoisotopic (exact) mass is 554 g/mol. The van der Waals surface area contributed by atoms with Gasteiger partial charge < -0.3 is 10.6 Å². The minimum absolute atomic E-state index is 0. The van der Waals surface area contributed by atoms with Crippen LogP contribution >= 0.6 is 24.0 Å². The standard InChI is InChI=1S/C18H33F3N4O2S.HI/c1-4-22-17(24-16-10-13(2)9-14(3)11-16)23-12-15-5-7-25(8-6-15)28(26,27)18(19,20)21;/h13-16H,4-12H2,1-3H3,(H2,22,23,24);1H. The Labute approximate surface area is 189 Å². The van der Waals surface area contributed by atoms with E-state index < -0.39 is 15.5 Å². The molecule has 2 rings (SSSR count). The summed E-state index contributed by atoms with van der Waals surface area (Å²) in [6.45, 7) is 7.50. The van der Waals surface area contributed by atoms with Crippen molar-refractivity contribution in [3.8, 4) is 0 Å². The third kappa shape index (κ3) is 7.71.